The maximum absolute atomic E-state index is 5.23. The summed E-state index contributed by atoms with van der Waals surface area (Å²) in [6.45, 7) is 1.74. The lowest BCUT2D eigenvalue weighted by Gasteiger charge is -2.12. The standard InChI is InChI=1S/C12H10BrN7O/c13-7-2-3-8(15-6-7)9-16-11(21-19-9)10-17-12-14-4-1-5-20(12)18-10/h2-3,6H,1,4-5H2,(H,14,17,18). The molecule has 0 atom stereocenters. The van der Waals surface area contributed by atoms with Crippen molar-refractivity contribution >= 4 is 21.9 Å². The van der Waals surface area contributed by atoms with Crippen molar-refractivity contribution in [1.82, 2.24) is 29.9 Å². The molecule has 8 nitrogen and oxygen atoms in total. The third-order valence-electron chi connectivity index (χ3n) is 3.08. The molecule has 4 rings (SSSR count). The topological polar surface area (TPSA) is 94.5 Å². The van der Waals surface area contributed by atoms with Crippen LogP contribution in [0.2, 0.25) is 0 Å². The van der Waals surface area contributed by atoms with Crippen molar-refractivity contribution in [3.05, 3.63) is 22.8 Å². The fraction of sp³-hybridized carbons (Fsp3) is 0.250. The van der Waals surface area contributed by atoms with Crippen molar-refractivity contribution in [2.24, 2.45) is 0 Å². The van der Waals surface area contributed by atoms with Gasteiger partial charge in [-0.05, 0) is 34.5 Å². The van der Waals surface area contributed by atoms with E-state index >= 15 is 0 Å². The normalized spacial score (nSPS) is 13.8. The molecule has 0 bridgehead atoms. The number of rotatable bonds is 2. The summed E-state index contributed by atoms with van der Waals surface area (Å²) in [5.41, 5.74) is 0.635. The quantitative estimate of drug-likeness (QED) is 0.756. The van der Waals surface area contributed by atoms with E-state index in [-0.39, 0.29) is 0 Å². The second kappa shape index (κ2) is 4.92. The van der Waals surface area contributed by atoms with E-state index in [0.29, 0.717) is 23.2 Å². The second-order valence-corrected chi connectivity index (χ2v) is 5.46. The molecule has 0 saturated carbocycles. The molecular weight excluding hydrogens is 338 g/mol. The van der Waals surface area contributed by atoms with Gasteiger partial charge in [0.15, 0.2) is 0 Å². The summed E-state index contributed by atoms with van der Waals surface area (Å²) in [6.07, 6.45) is 2.70. The summed E-state index contributed by atoms with van der Waals surface area (Å²) in [4.78, 5) is 12.9. The van der Waals surface area contributed by atoms with Gasteiger partial charge in [-0.25, -0.2) is 4.68 Å². The summed E-state index contributed by atoms with van der Waals surface area (Å²) in [6, 6.07) is 3.68. The Bertz CT molecular complexity index is 756. The Balaban J connectivity index is 1.67. The molecule has 0 radical (unpaired) electrons. The molecule has 0 aliphatic carbocycles. The fourth-order valence-electron chi connectivity index (χ4n) is 2.07. The third-order valence-corrected chi connectivity index (χ3v) is 3.54. The molecule has 3 aromatic rings. The Kier molecular flexibility index (Phi) is 2.92. The molecule has 106 valence electrons. The Morgan fingerprint density at radius 1 is 1.24 bits per heavy atom. The highest BCUT2D eigenvalue weighted by Crippen LogP contribution is 2.22. The molecule has 3 aromatic heterocycles. The number of hydrogen-bond donors (Lipinski definition) is 1. The molecular formula is C12H10BrN7O. The summed E-state index contributed by atoms with van der Waals surface area (Å²) in [7, 11) is 0. The zero-order valence-corrected chi connectivity index (χ0v) is 12.4. The minimum absolute atomic E-state index is 0.290. The molecule has 0 spiro atoms. The van der Waals surface area contributed by atoms with Crippen LogP contribution in [0.3, 0.4) is 0 Å². The Morgan fingerprint density at radius 3 is 3.00 bits per heavy atom. The average molecular weight is 348 g/mol. The van der Waals surface area contributed by atoms with Gasteiger partial charge in [-0.3, -0.25) is 4.98 Å². The summed E-state index contributed by atoms with van der Waals surface area (Å²) < 4.78 is 7.93. The van der Waals surface area contributed by atoms with Crippen LogP contribution < -0.4 is 5.32 Å². The van der Waals surface area contributed by atoms with Gasteiger partial charge in [0.25, 0.3) is 5.89 Å². The molecule has 0 unspecified atom stereocenters. The van der Waals surface area contributed by atoms with Crippen LogP contribution in [0.4, 0.5) is 5.95 Å². The van der Waals surface area contributed by atoms with Gasteiger partial charge in [-0.2, -0.15) is 9.97 Å². The summed E-state index contributed by atoms with van der Waals surface area (Å²) in [5, 5.41) is 11.5. The van der Waals surface area contributed by atoms with Crippen LogP contribution >= 0.6 is 15.9 Å². The predicted octanol–water partition coefficient (Wildman–Crippen LogP) is 1.97. The lowest BCUT2D eigenvalue weighted by molar-refractivity contribution is 0.428. The van der Waals surface area contributed by atoms with Crippen LogP contribution in [0.25, 0.3) is 23.2 Å². The van der Waals surface area contributed by atoms with E-state index in [1.54, 1.807) is 10.9 Å². The molecule has 1 aliphatic heterocycles. The van der Waals surface area contributed by atoms with Gasteiger partial charge >= 0.3 is 0 Å². The summed E-state index contributed by atoms with van der Waals surface area (Å²) in [5.74, 6) is 1.87. The van der Waals surface area contributed by atoms with Crippen molar-refractivity contribution in [1.29, 1.82) is 0 Å². The minimum Gasteiger partial charge on any atom is -0.354 e. The monoisotopic (exact) mass is 347 g/mol. The second-order valence-electron chi connectivity index (χ2n) is 4.55. The van der Waals surface area contributed by atoms with Crippen LogP contribution in [-0.2, 0) is 6.54 Å². The molecule has 1 aliphatic rings. The molecule has 4 heterocycles. The number of nitrogens with zero attached hydrogens (tertiary/aromatic N) is 6. The van der Waals surface area contributed by atoms with Gasteiger partial charge in [-0.15, -0.1) is 5.10 Å². The zero-order chi connectivity index (χ0) is 14.2. The van der Waals surface area contributed by atoms with Crippen molar-refractivity contribution in [3.8, 4) is 23.2 Å². The van der Waals surface area contributed by atoms with Crippen molar-refractivity contribution in [2.45, 2.75) is 13.0 Å². The molecule has 9 heteroatoms. The lowest BCUT2D eigenvalue weighted by atomic mass is 10.3. The average Bonchev–Trinajstić information content (AvgIpc) is 3.14. The first-order valence-electron chi connectivity index (χ1n) is 6.44. The van der Waals surface area contributed by atoms with Crippen LogP contribution in [0.15, 0.2) is 27.3 Å². The number of pyridine rings is 1. The first kappa shape index (κ1) is 12.5. The molecule has 1 N–H and O–H groups in total. The number of fused-ring (bicyclic) bond motifs is 1. The van der Waals surface area contributed by atoms with Crippen molar-refractivity contribution in [2.75, 3.05) is 11.9 Å². The predicted molar refractivity (Wildman–Crippen MR) is 77.4 cm³/mol. The highest BCUT2D eigenvalue weighted by atomic mass is 79.9. The number of aromatic nitrogens is 6. The summed E-state index contributed by atoms with van der Waals surface area (Å²) >= 11 is 3.34. The van der Waals surface area contributed by atoms with Gasteiger partial charge < -0.3 is 9.84 Å². The molecule has 0 saturated heterocycles. The van der Waals surface area contributed by atoms with Gasteiger partial charge in [-0.1, -0.05) is 5.16 Å². The Labute approximate surface area is 127 Å². The van der Waals surface area contributed by atoms with Crippen LogP contribution in [0.5, 0.6) is 0 Å². The van der Waals surface area contributed by atoms with Crippen molar-refractivity contribution in [3.63, 3.8) is 0 Å². The zero-order valence-electron chi connectivity index (χ0n) is 10.8. The molecule has 21 heavy (non-hydrogen) atoms. The lowest BCUT2D eigenvalue weighted by Crippen LogP contribution is -2.17. The largest absolute Gasteiger partial charge is 0.354 e. The number of aryl methyl sites for hydroxylation is 1. The van der Waals surface area contributed by atoms with E-state index in [1.165, 1.54) is 0 Å². The molecule has 0 aromatic carbocycles. The maximum Gasteiger partial charge on any atom is 0.298 e. The Morgan fingerprint density at radius 2 is 2.19 bits per heavy atom. The maximum atomic E-state index is 5.23. The van der Waals surface area contributed by atoms with Crippen molar-refractivity contribution < 1.29 is 4.52 Å². The van der Waals surface area contributed by atoms with E-state index < -0.39 is 0 Å². The third kappa shape index (κ3) is 2.29. The molecule has 0 amide bonds. The van der Waals surface area contributed by atoms with Gasteiger partial charge in [0.05, 0.1) is 0 Å². The first-order chi connectivity index (χ1) is 10.3. The van der Waals surface area contributed by atoms with E-state index in [2.05, 4.69) is 46.5 Å². The number of anilines is 1. The van der Waals surface area contributed by atoms with Gasteiger partial charge in [0, 0.05) is 23.8 Å². The molecule has 0 fully saturated rings. The van der Waals surface area contributed by atoms with Crippen LogP contribution in [0.1, 0.15) is 6.42 Å². The fourth-order valence-corrected chi connectivity index (χ4v) is 2.31. The van der Waals surface area contributed by atoms with E-state index in [9.17, 15) is 0 Å². The Hall–Kier alpha value is -2.29. The van der Waals surface area contributed by atoms with E-state index in [1.807, 2.05) is 12.1 Å². The van der Waals surface area contributed by atoms with Crippen LogP contribution in [-0.4, -0.2) is 36.4 Å². The van der Waals surface area contributed by atoms with E-state index in [0.717, 1.165) is 29.9 Å². The number of hydrogen-bond acceptors (Lipinski definition) is 7. The first-order valence-corrected chi connectivity index (χ1v) is 7.23. The van der Waals surface area contributed by atoms with Gasteiger partial charge in [0.1, 0.15) is 5.69 Å². The highest BCUT2D eigenvalue weighted by molar-refractivity contribution is 9.10. The smallest absolute Gasteiger partial charge is 0.298 e. The van der Waals surface area contributed by atoms with Gasteiger partial charge in [0.2, 0.25) is 17.6 Å². The van der Waals surface area contributed by atoms with E-state index in [4.69, 9.17) is 4.52 Å². The number of nitrogens with one attached hydrogen (secondary N) is 1. The number of halogens is 1. The SMILES string of the molecule is Brc1ccc(-c2noc(-c3nc4n(n3)CCCN4)n2)nc1. The highest BCUT2D eigenvalue weighted by Gasteiger charge is 2.19. The van der Waals surface area contributed by atoms with Crippen LogP contribution in [0, 0.1) is 0 Å². The minimum atomic E-state index is 0.290.